The molecule has 4 rings (SSSR count). The van der Waals surface area contributed by atoms with Crippen molar-refractivity contribution in [3.05, 3.63) is 71.3 Å². The van der Waals surface area contributed by atoms with Gasteiger partial charge in [0.1, 0.15) is 18.3 Å². The van der Waals surface area contributed by atoms with Crippen molar-refractivity contribution in [2.24, 2.45) is 0 Å². The van der Waals surface area contributed by atoms with E-state index in [1.165, 1.54) is 11.1 Å². The molecule has 2 aliphatic heterocycles. The van der Waals surface area contributed by atoms with Crippen molar-refractivity contribution >= 4 is 0 Å². The largest absolute Gasteiger partial charge is 0.388 e. The molecule has 2 heterocycles. The van der Waals surface area contributed by atoms with Crippen LogP contribution in [0.4, 0.5) is 0 Å². The summed E-state index contributed by atoms with van der Waals surface area (Å²) in [6.45, 7) is 0.817. The Kier molecular flexibility index (Phi) is 3.07. The van der Waals surface area contributed by atoms with Crippen LogP contribution in [0.3, 0.4) is 0 Å². The first-order valence-electron chi connectivity index (χ1n) is 7.42. The lowest BCUT2D eigenvalue weighted by atomic mass is 9.85. The number of aliphatic hydroxyl groups is 1. The smallest absolute Gasteiger partial charge is 0.111 e. The van der Waals surface area contributed by atoms with E-state index in [1.54, 1.807) is 0 Å². The number of benzene rings is 2. The topological polar surface area (TPSA) is 32.7 Å². The molecule has 3 nitrogen and oxygen atoms in total. The Labute approximate surface area is 124 Å². The summed E-state index contributed by atoms with van der Waals surface area (Å²) in [5, 5.41) is 10.6. The minimum atomic E-state index is -0.460. The van der Waals surface area contributed by atoms with Gasteiger partial charge in [0.05, 0.1) is 6.04 Å². The maximum Gasteiger partial charge on any atom is 0.111 e. The normalized spacial score (nSPS) is 29.9. The number of rotatable bonds is 3. The Morgan fingerprint density at radius 1 is 0.952 bits per heavy atom. The third kappa shape index (κ3) is 2.01. The summed E-state index contributed by atoms with van der Waals surface area (Å²) in [6.07, 6.45) is -0.650. The van der Waals surface area contributed by atoms with E-state index in [0.717, 1.165) is 12.1 Å². The number of aliphatic hydroxyl groups excluding tert-OH is 1. The summed E-state index contributed by atoms with van der Waals surface area (Å²) in [5.41, 5.74) is 3.64. The molecule has 0 amide bonds. The van der Waals surface area contributed by atoms with Crippen LogP contribution in [0.5, 0.6) is 0 Å². The molecule has 1 saturated heterocycles. The van der Waals surface area contributed by atoms with Crippen molar-refractivity contribution < 1.29 is 9.84 Å². The first-order chi connectivity index (χ1) is 10.3. The van der Waals surface area contributed by atoms with Crippen LogP contribution in [0.1, 0.15) is 28.9 Å². The first-order valence-corrected chi connectivity index (χ1v) is 7.42. The molecular weight excluding hydrogens is 262 g/mol. The molecule has 2 aliphatic rings. The van der Waals surface area contributed by atoms with Crippen molar-refractivity contribution in [2.45, 2.75) is 30.9 Å². The summed E-state index contributed by atoms with van der Waals surface area (Å²) in [7, 11) is 2.06. The van der Waals surface area contributed by atoms with E-state index in [0.29, 0.717) is 0 Å². The average Bonchev–Trinajstić information content (AvgIpc) is 3.04. The molecule has 2 aromatic rings. The Morgan fingerprint density at radius 3 is 2.29 bits per heavy atom. The van der Waals surface area contributed by atoms with Crippen molar-refractivity contribution in [3.63, 3.8) is 0 Å². The predicted octanol–water partition coefficient (Wildman–Crippen LogP) is 2.67. The monoisotopic (exact) mass is 281 g/mol. The first kappa shape index (κ1) is 13.0. The van der Waals surface area contributed by atoms with Gasteiger partial charge in [0.15, 0.2) is 0 Å². The van der Waals surface area contributed by atoms with E-state index in [1.807, 2.05) is 30.3 Å². The number of fused-ring (bicyclic) bond motifs is 5. The Balaban J connectivity index is 1.60. The fourth-order valence-electron chi connectivity index (χ4n) is 3.69. The van der Waals surface area contributed by atoms with E-state index in [4.69, 9.17) is 4.74 Å². The number of hydrogen-bond donors (Lipinski definition) is 1. The molecule has 0 radical (unpaired) electrons. The summed E-state index contributed by atoms with van der Waals surface area (Å²) < 4.78 is 6.03. The van der Waals surface area contributed by atoms with Gasteiger partial charge in [0.2, 0.25) is 0 Å². The fraction of sp³-hybridized carbons (Fsp3) is 0.333. The molecule has 108 valence electrons. The van der Waals surface area contributed by atoms with Crippen molar-refractivity contribution in [3.8, 4) is 0 Å². The molecule has 1 N–H and O–H groups in total. The van der Waals surface area contributed by atoms with Gasteiger partial charge in [0.25, 0.3) is 0 Å². The van der Waals surface area contributed by atoms with Gasteiger partial charge in [-0.1, -0.05) is 54.6 Å². The molecule has 0 aliphatic carbocycles. The zero-order valence-corrected chi connectivity index (χ0v) is 12.0. The summed E-state index contributed by atoms with van der Waals surface area (Å²) in [4.78, 5) is 2.21. The lowest BCUT2D eigenvalue weighted by molar-refractivity contribution is 0.0297. The molecule has 21 heavy (non-hydrogen) atoms. The lowest BCUT2D eigenvalue weighted by Crippen LogP contribution is -2.43. The third-order valence-corrected chi connectivity index (χ3v) is 4.66. The average molecular weight is 281 g/mol. The maximum atomic E-state index is 10.6. The van der Waals surface area contributed by atoms with E-state index in [9.17, 15) is 5.11 Å². The number of hydrogen-bond acceptors (Lipinski definition) is 3. The predicted molar refractivity (Wildman–Crippen MR) is 80.7 cm³/mol. The van der Waals surface area contributed by atoms with Gasteiger partial charge in [-0.25, -0.2) is 0 Å². The van der Waals surface area contributed by atoms with Gasteiger partial charge < -0.3 is 9.84 Å². The third-order valence-electron chi connectivity index (χ3n) is 4.66. The quantitative estimate of drug-likeness (QED) is 0.939. The lowest BCUT2D eigenvalue weighted by Gasteiger charge is -2.33. The second-order valence-corrected chi connectivity index (χ2v) is 5.99. The Hall–Kier alpha value is -1.68. The molecule has 4 atom stereocenters. The van der Waals surface area contributed by atoms with Crippen LogP contribution < -0.4 is 0 Å². The highest BCUT2D eigenvalue weighted by Gasteiger charge is 2.53. The minimum absolute atomic E-state index is 0.0186. The number of nitrogens with zero attached hydrogens (tertiary/aromatic N) is 1. The highest BCUT2D eigenvalue weighted by atomic mass is 16.5. The van der Waals surface area contributed by atoms with E-state index < -0.39 is 6.10 Å². The van der Waals surface area contributed by atoms with Crippen LogP contribution in [0.15, 0.2) is 54.6 Å². The van der Waals surface area contributed by atoms with Crippen LogP contribution in [0.25, 0.3) is 0 Å². The van der Waals surface area contributed by atoms with Gasteiger partial charge in [-0.2, -0.15) is 0 Å². The Morgan fingerprint density at radius 2 is 1.57 bits per heavy atom. The van der Waals surface area contributed by atoms with Crippen molar-refractivity contribution in [1.82, 2.24) is 4.90 Å². The molecule has 0 spiro atoms. The van der Waals surface area contributed by atoms with Crippen LogP contribution >= 0.6 is 0 Å². The second kappa shape index (κ2) is 4.95. The number of likely N-dealkylation sites (N-methyl/N-ethyl adjacent to an activating group) is 1. The molecule has 0 saturated carbocycles. The SMILES string of the molecule is CN(Cc1ccccc1)C1C2OC(c3ccccc32)C1O. The van der Waals surface area contributed by atoms with Crippen LogP contribution in [-0.4, -0.2) is 29.2 Å². The highest BCUT2D eigenvalue weighted by Crippen LogP contribution is 2.52. The van der Waals surface area contributed by atoms with E-state index >= 15 is 0 Å². The van der Waals surface area contributed by atoms with Crippen molar-refractivity contribution in [1.29, 1.82) is 0 Å². The van der Waals surface area contributed by atoms with E-state index in [-0.39, 0.29) is 18.2 Å². The minimum Gasteiger partial charge on any atom is -0.388 e. The molecule has 3 heteroatoms. The van der Waals surface area contributed by atoms with E-state index in [2.05, 4.69) is 36.2 Å². The maximum absolute atomic E-state index is 10.6. The zero-order chi connectivity index (χ0) is 14.4. The Bertz CT molecular complexity index is 643. The molecule has 0 aromatic heterocycles. The second-order valence-electron chi connectivity index (χ2n) is 5.99. The zero-order valence-electron chi connectivity index (χ0n) is 12.0. The van der Waals surface area contributed by atoms with Crippen molar-refractivity contribution in [2.75, 3.05) is 7.05 Å². The molecule has 4 unspecified atom stereocenters. The summed E-state index contributed by atoms with van der Waals surface area (Å²) in [5.74, 6) is 0. The van der Waals surface area contributed by atoms with Gasteiger partial charge in [-0.05, 0) is 23.7 Å². The van der Waals surface area contributed by atoms with Crippen LogP contribution in [0.2, 0.25) is 0 Å². The van der Waals surface area contributed by atoms with Gasteiger partial charge in [0, 0.05) is 6.54 Å². The summed E-state index contributed by atoms with van der Waals surface area (Å²) in [6, 6.07) is 18.6. The standard InChI is InChI=1S/C18H19NO2/c1-19(11-12-7-3-2-4-8-12)15-16(20)18-14-10-6-5-9-13(14)17(15)21-18/h2-10,15-18,20H,11H2,1H3. The molecule has 2 aromatic carbocycles. The molecular formula is C18H19NO2. The molecule has 2 bridgehead atoms. The highest BCUT2D eigenvalue weighted by molar-refractivity contribution is 5.40. The van der Waals surface area contributed by atoms with Crippen LogP contribution in [-0.2, 0) is 11.3 Å². The van der Waals surface area contributed by atoms with Gasteiger partial charge >= 0.3 is 0 Å². The van der Waals surface area contributed by atoms with Gasteiger partial charge in [-0.3, -0.25) is 4.90 Å². The van der Waals surface area contributed by atoms with Crippen LogP contribution in [0, 0.1) is 0 Å². The fourth-order valence-corrected chi connectivity index (χ4v) is 3.69. The summed E-state index contributed by atoms with van der Waals surface area (Å²) >= 11 is 0. The molecule has 1 fully saturated rings. The number of ether oxygens (including phenoxy) is 1. The van der Waals surface area contributed by atoms with Gasteiger partial charge in [-0.15, -0.1) is 0 Å².